The Kier molecular flexibility index (Phi) is 3.17. The van der Waals surface area contributed by atoms with E-state index >= 15 is 0 Å². The number of nitro groups is 1. The van der Waals surface area contributed by atoms with Gasteiger partial charge in [0.2, 0.25) is 6.33 Å². The van der Waals surface area contributed by atoms with Crippen LogP contribution in [0.4, 0.5) is 5.82 Å². The lowest BCUT2D eigenvalue weighted by Crippen LogP contribution is -2.25. The fraction of sp³-hybridized carbons (Fsp3) is 0.286. The molecule has 1 aliphatic rings. The number of benzene rings is 1. The van der Waals surface area contributed by atoms with Gasteiger partial charge in [-0.15, -0.1) is 0 Å². The van der Waals surface area contributed by atoms with Crippen LogP contribution in [0, 0.1) is 10.1 Å². The predicted octanol–water partition coefficient (Wildman–Crippen LogP) is 1.87. The Bertz CT molecular complexity index is 710. The Morgan fingerprint density at radius 1 is 1.48 bits per heavy atom. The van der Waals surface area contributed by atoms with Crippen LogP contribution in [0.2, 0.25) is 0 Å². The van der Waals surface area contributed by atoms with Crippen molar-refractivity contribution >= 4 is 11.8 Å². The van der Waals surface area contributed by atoms with Crippen LogP contribution in [-0.2, 0) is 16.0 Å². The van der Waals surface area contributed by atoms with Crippen molar-refractivity contribution in [3.63, 3.8) is 0 Å². The van der Waals surface area contributed by atoms with Gasteiger partial charge >= 0.3 is 11.8 Å². The zero-order valence-electron chi connectivity index (χ0n) is 11.3. The quantitative estimate of drug-likeness (QED) is 0.488. The van der Waals surface area contributed by atoms with Crippen molar-refractivity contribution in [1.29, 1.82) is 0 Å². The molecule has 0 aliphatic heterocycles. The summed E-state index contributed by atoms with van der Waals surface area (Å²) in [6.07, 6.45) is 2.98. The molecule has 0 radical (unpaired) electrons. The fourth-order valence-corrected chi connectivity index (χ4v) is 2.78. The summed E-state index contributed by atoms with van der Waals surface area (Å²) in [5.74, 6) is -0.589. The van der Waals surface area contributed by atoms with Gasteiger partial charge in [0.25, 0.3) is 0 Å². The minimum Gasteiger partial charge on any atom is -0.460 e. The van der Waals surface area contributed by atoms with Crippen molar-refractivity contribution in [2.24, 2.45) is 0 Å². The summed E-state index contributed by atoms with van der Waals surface area (Å²) in [5, 5.41) is 10.8. The van der Waals surface area contributed by atoms with E-state index < -0.39 is 4.92 Å². The Balaban J connectivity index is 2.01. The summed E-state index contributed by atoms with van der Waals surface area (Å²) in [7, 11) is 0. The van der Waals surface area contributed by atoms with E-state index in [0.29, 0.717) is 6.42 Å². The van der Waals surface area contributed by atoms with Gasteiger partial charge in [0.05, 0.1) is 6.04 Å². The van der Waals surface area contributed by atoms with Crippen molar-refractivity contribution in [3.05, 3.63) is 58.0 Å². The number of carbonyl (C=O) groups excluding carboxylic acids is 1. The molecular formula is C14H13N3O4. The molecule has 0 unspecified atom stereocenters. The zero-order chi connectivity index (χ0) is 15.0. The third-order valence-corrected chi connectivity index (χ3v) is 3.56. The Morgan fingerprint density at radius 3 is 2.90 bits per heavy atom. The molecule has 108 valence electrons. The van der Waals surface area contributed by atoms with Gasteiger partial charge in [0.15, 0.2) is 0 Å². The largest absolute Gasteiger partial charge is 0.460 e. The summed E-state index contributed by atoms with van der Waals surface area (Å²) in [5.41, 5.74) is 2.07. The summed E-state index contributed by atoms with van der Waals surface area (Å²) < 4.78 is 7.01. The Morgan fingerprint density at radius 2 is 2.24 bits per heavy atom. The highest BCUT2D eigenvalue weighted by Gasteiger charge is 2.36. The van der Waals surface area contributed by atoms with Crippen molar-refractivity contribution in [2.45, 2.75) is 25.5 Å². The molecule has 7 heteroatoms. The van der Waals surface area contributed by atoms with Crippen LogP contribution in [0.25, 0.3) is 0 Å². The van der Waals surface area contributed by atoms with E-state index in [1.165, 1.54) is 19.4 Å². The van der Waals surface area contributed by atoms with Crippen LogP contribution in [0.15, 0.2) is 36.8 Å². The molecule has 1 aromatic heterocycles. The van der Waals surface area contributed by atoms with Gasteiger partial charge in [0, 0.05) is 13.3 Å². The van der Waals surface area contributed by atoms with Crippen LogP contribution in [0.3, 0.4) is 0 Å². The average Bonchev–Trinajstić information content (AvgIpc) is 3.01. The molecule has 0 amide bonds. The molecule has 2 atom stereocenters. The molecule has 0 saturated carbocycles. The van der Waals surface area contributed by atoms with Gasteiger partial charge in [-0.25, -0.2) is 0 Å². The van der Waals surface area contributed by atoms with E-state index in [1.807, 2.05) is 24.3 Å². The molecule has 1 aromatic carbocycles. The summed E-state index contributed by atoms with van der Waals surface area (Å²) in [6.45, 7) is 1.36. The molecule has 1 aliphatic carbocycles. The summed E-state index contributed by atoms with van der Waals surface area (Å²) in [4.78, 5) is 25.3. The Hall–Kier alpha value is -2.70. The molecule has 0 N–H and O–H groups in total. The lowest BCUT2D eigenvalue weighted by Gasteiger charge is -2.20. The number of aromatic nitrogens is 2. The highest BCUT2D eigenvalue weighted by atomic mass is 16.6. The topological polar surface area (TPSA) is 87.3 Å². The van der Waals surface area contributed by atoms with E-state index in [9.17, 15) is 14.9 Å². The smallest absolute Gasteiger partial charge is 0.381 e. The molecule has 1 heterocycles. The normalized spacial score (nSPS) is 20.0. The number of imidazole rings is 1. The maximum atomic E-state index is 11.3. The van der Waals surface area contributed by atoms with E-state index in [4.69, 9.17) is 4.74 Å². The highest BCUT2D eigenvalue weighted by Crippen LogP contribution is 2.36. The molecule has 7 nitrogen and oxygen atoms in total. The number of esters is 1. The number of ether oxygens (including phenoxy) is 1. The van der Waals surface area contributed by atoms with Gasteiger partial charge in [-0.2, -0.15) is 0 Å². The van der Waals surface area contributed by atoms with Gasteiger partial charge in [-0.3, -0.25) is 9.36 Å². The van der Waals surface area contributed by atoms with Crippen LogP contribution >= 0.6 is 0 Å². The van der Waals surface area contributed by atoms with E-state index in [2.05, 4.69) is 4.98 Å². The SMILES string of the molecule is CC(=O)O[C@@H]1Cc2ccccc2[C@@H]1n1cnc([N+](=O)[O-])c1. The molecule has 21 heavy (non-hydrogen) atoms. The standard InChI is InChI=1S/C14H13N3O4/c1-9(18)21-12-6-10-4-2-3-5-11(10)14(12)16-7-13(15-8-16)17(19)20/h2-5,7-8,12,14H,6H2,1H3/t12-,14+/m1/s1. The van der Waals surface area contributed by atoms with Crippen LogP contribution < -0.4 is 0 Å². The first-order valence-electron chi connectivity index (χ1n) is 6.49. The fourth-order valence-electron chi connectivity index (χ4n) is 2.78. The monoisotopic (exact) mass is 287 g/mol. The molecule has 0 spiro atoms. The van der Waals surface area contributed by atoms with Gasteiger partial charge in [-0.05, 0) is 21.0 Å². The molecule has 0 bridgehead atoms. The second-order valence-corrected chi connectivity index (χ2v) is 4.93. The van der Waals surface area contributed by atoms with E-state index in [1.54, 1.807) is 4.57 Å². The molecule has 3 rings (SSSR count). The van der Waals surface area contributed by atoms with E-state index in [-0.39, 0.29) is 23.9 Å². The molecular weight excluding hydrogens is 274 g/mol. The van der Waals surface area contributed by atoms with Crippen molar-refractivity contribution in [1.82, 2.24) is 9.55 Å². The van der Waals surface area contributed by atoms with Gasteiger partial charge < -0.3 is 14.9 Å². The first-order chi connectivity index (χ1) is 10.1. The predicted molar refractivity (Wildman–Crippen MR) is 72.7 cm³/mol. The molecule has 2 aromatic rings. The maximum Gasteiger partial charge on any atom is 0.381 e. The third kappa shape index (κ3) is 2.37. The Labute approximate surface area is 120 Å². The zero-order valence-corrected chi connectivity index (χ0v) is 11.3. The molecule has 0 saturated heterocycles. The third-order valence-electron chi connectivity index (χ3n) is 3.56. The summed E-state index contributed by atoms with van der Waals surface area (Å²) in [6, 6.07) is 7.44. The second kappa shape index (κ2) is 5.01. The lowest BCUT2D eigenvalue weighted by molar-refractivity contribution is -0.389. The molecule has 0 fully saturated rings. The second-order valence-electron chi connectivity index (χ2n) is 4.93. The number of nitrogens with zero attached hydrogens (tertiary/aromatic N) is 3. The number of hydrogen-bond donors (Lipinski definition) is 0. The summed E-state index contributed by atoms with van der Waals surface area (Å²) >= 11 is 0. The van der Waals surface area contributed by atoms with Crippen molar-refractivity contribution < 1.29 is 14.5 Å². The first kappa shape index (κ1) is 13.3. The highest BCUT2D eigenvalue weighted by molar-refractivity contribution is 5.66. The minimum absolute atomic E-state index is 0.221. The van der Waals surface area contributed by atoms with Gasteiger partial charge in [0.1, 0.15) is 12.3 Å². The number of rotatable bonds is 3. The first-order valence-corrected chi connectivity index (χ1v) is 6.49. The van der Waals surface area contributed by atoms with Crippen molar-refractivity contribution in [2.75, 3.05) is 0 Å². The minimum atomic E-state index is -0.543. The number of fused-ring (bicyclic) bond motifs is 1. The maximum absolute atomic E-state index is 11.3. The van der Waals surface area contributed by atoms with Crippen LogP contribution in [-0.4, -0.2) is 26.5 Å². The van der Waals surface area contributed by atoms with Gasteiger partial charge in [-0.1, -0.05) is 24.3 Å². The van der Waals surface area contributed by atoms with E-state index in [0.717, 1.165) is 11.1 Å². The lowest BCUT2D eigenvalue weighted by atomic mass is 10.1. The number of carbonyl (C=O) groups is 1. The number of hydrogen-bond acceptors (Lipinski definition) is 5. The van der Waals surface area contributed by atoms with Crippen molar-refractivity contribution in [3.8, 4) is 0 Å². The average molecular weight is 287 g/mol. The van der Waals surface area contributed by atoms with Crippen LogP contribution in [0.1, 0.15) is 24.1 Å². The van der Waals surface area contributed by atoms with Crippen LogP contribution in [0.5, 0.6) is 0 Å².